The van der Waals surface area contributed by atoms with Crippen molar-refractivity contribution in [1.29, 1.82) is 0 Å². The molecule has 0 fully saturated rings. The van der Waals surface area contributed by atoms with Gasteiger partial charge in [0.1, 0.15) is 5.75 Å². The summed E-state index contributed by atoms with van der Waals surface area (Å²) in [6.07, 6.45) is 7.82. The van der Waals surface area contributed by atoms with Crippen molar-refractivity contribution in [1.82, 2.24) is 9.38 Å². The summed E-state index contributed by atoms with van der Waals surface area (Å²) in [7, 11) is 1.69. The first kappa shape index (κ1) is 11.8. The number of nitrogens with zero attached hydrogens (tertiary/aromatic N) is 2. The second-order valence-electron chi connectivity index (χ2n) is 4.52. The van der Waals surface area contributed by atoms with E-state index in [4.69, 9.17) is 4.74 Å². The Balaban J connectivity index is 1.76. The molecule has 3 rings (SSSR count). The van der Waals surface area contributed by atoms with Gasteiger partial charge < -0.3 is 9.14 Å². The van der Waals surface area contributed by atoms with E-state index in [9.17, 15) is 0 Å². The average Bonchev–Trinajstić information content (AvgIpc) is 2.94. The lowest BCUT2D eigenvalue weighted by atomic mass is 10.1. The number of hydrogen-bond donors (Lipinski definition) is 0. The molecule has 1 aromatic carbocycles. The van der Waals surface area contributed by atoms with Crippen LogP contribution in [0.3, 0.4) is 0 Å². The lowest BCUT2D eigenvalue weighted by Gasteiger charge is -2.05. The minimum Gasteiger partial charge on any atom is -0.497 e. The molecule has 0 saturated carbocycles. The van der Waals surface area contributed by atoms with Crippen LogP contribution >= 0.6 is 0 Å². The number of fused-ring (bicyclic) bond motifs is 1. The van der Waals surface area contributed by atoms with Crippen LogP contribution in [-0.4, -0.2) is 16.5 Å². The molecule has 2 aromatic heterocycles. The van der Waals surface area contributed by atoms with Crippen molar-refractivity contribution in [2.24, 2.45) is 0 Å². The summed E-state index contributed by atoms with van der Waals surface area (Å²) in [5.74, 6) is 0.899. The first-order valence-corrected chi connectivity index (χ1v) is 6.40. The quantitative estimate of drug-likeness (QED) is 0.713. The fourth-order valence-corrected chi connectivity index (χ4v) is 2.28. The van der Waals surface area contributed by atoms with Crippen molar-refractivity contribution in [2.45, 2.75) is 12.8 Å². The van der Waals surface area contributed by atoms with Gasteiger partial charge in [-0.05, 0) is 42.7 Å². The maximum Gasteiger partial charge on any atom is 0.118 e. The molecule has 0 aliphatic carbocycles. The Morgan fingerprint density at radius 1 is 1.05 bits per heavy atom. The van der Waals surface area contributed by atoms with E-state index in [0.717, 1.165) is 24.3 Å². The topological polar surface area (TPSA) is 26.5 Å². The number of benzene rings is 1. The van der Waals surface area contributed by atoms with Gasteiger partial charge >= 0.3 is 0 Å². The number of hydrogen-bond acceptors (Lipinski definition) is 2. The normalized spacial score (nSPS) is 10.8. The molecule has 96 valence electrons. The summed E-state index contributed by atoms with van der Waals surface area (Å²) in [6.45, 7) is 0. The smallest absolute Gasteiger partial charge is 0.118 e. The molecule has 3 nitrogen and oxygen atoms in total. The van der Waals surface area contributed by atoms with E-state index >= 15 is 0 Å². The van der Waals surface area contributed by atoms with Crippen LogP contribution in [0.4, 0.5) is 0 Å². The molecule has 0 unspecified atom stereocenters. The molecule has 3 aromatic rings. The fourth-order valence-electron chi connectivity index (χ4n) is 2.28. The van der Waals surface area contributed by atoms with Gasteiger partial charge in [-0.1, -0.05) is 12.1 Å². The van der Waals surface area contributed by atoms with Crippen LogP contribution in [-0.2, 0) is 12.8 Å². The van der Waals surface area contributed by atoms with Crippen LogP contribution < -0.4 is 4.74 Å². The van der Waals surface area contributed by atoms with Gasteiger partial charge in [-0.15, -0.1) is 0 Å². The second kappa shape index (κ2) is 5.14. The maximum atomic E-state index is 5.16. The van der Waals surface area contributed by atoms with E-state index in [1.165, 1.54) is 11.1 Å². The lowest BCUT2D eigenvalue weighted by Crippen LogP contribution is -1.97. The predicted molar refractivity (Wildman–Crippen MR) is 75.6 cm³/mol. The van der Waals surface area contributed by atoms with Crippen molar-refractivity contribution in [3.8, 4) is 5.75 Å². The minimum atomic E-state index is 0.899. The Morgan fingerprint density at radius 3 is 2.68 bits per heavy atom. The molecule has 3 heteroatoms. The van der Waals surface area contributed by atoms with Crippen molar-refractivity contribution in [3.05, 3.63) is 66.2 Å². The molecule has 19 heavy (non-hydrogen) atoms. The number of aryl methyl sites for hydroxylation is 2. The van der Waals surface area contributed by atoms with E-state index in [1.54, 1.807) is 7.11 Å². The highest BCUT2D eigenvalue weighted by Gasteiger charge is 2.03. The highest BCUT2D eigenvalue weighted by Crippen LogP contribution is 2.15. The van der Waals surface area contributed by atoms with Gasteiger partial charge in [0.15, 0.2) is 0 Å². The molecule has 0 radical (unpaired) electrons. The lowest BCUT2D eigenvalue weighted by molar-refractivity contribution is 0.414. The summed E-state index contributed by atoms with van der Waals surface area (Å²) in [4.78, 5) is 4.48. The Bertz CT molecular complexity index is 671. The van der Waals surface area contributed by atoms with Crippen LogP contribution in [0.2, 0.25) is 0 Å². The highest BCUT2D eigenvalue weighted by atomic mass is 16.5. The first-order valence-electron chi connectivity index (χ1n) is 6.40. The number of ether oxygens (including phenoxy) is 1. The standard InChI is InChI=1S/C16H16N2O/c1-19-14-7-4-13(5-8-14)6-9-15-16-3-2-11-18(16)12-10-17-15/h2-5,7-8,10-12H,6,9H2,1H3. The van der Waals surface area contributed by atoms with Crippen LogP contribution in [0, 0.1) is 0 Å². The second-order valence-corrected chi connectivity index (χ2v) is 4.52. The summed E-state index contributed by atoms with van der Waals surface area (Å²) >= 11 is 0. The highest BCUT2D eigenvalue weighted by molar-refractivity contribution is 5.52. The number of aromatic nitrogens is 2. The molecule has 0 atom stereocenters. The molecular formula is C16H16N2O. The summed E-state index contributed by atoms with van der Waals surface area (Å²) in [5.41, 5.74) is 3.63. The molecule has 0 spiro atoms. The average molecular weight is 252 g/mol. The zero-order chi connectivity index (χ0) is 13.1. The SMILES string of the molecule is COc1ccc(CCc2nccn3cccc23)cc1. The Morgan fingerprint density at radius 2 is 1.89 bits per heavy atom. The zero-order valence-electron chi connectivity index (χ0n) is 10.9. The van der Waals surface area contributed by atoms with Crippen LogP contribution in [0.5, 0.6) is 5.75 Å². The van der Waals surface area contributed by atoms with E-state index in [2.05, 4.69) is 27.6 Å². The Kier molecular flexibility index (Phi) is 3.19. The summed E-state index contributed by atoms with van der Waals surface area (Å²) in [6, 6.07) is 12.4. The van der Waals surface area contributed by atoms with Gasteiger partial charge in [0.25, 0.3) is 0 Å². The van der Waals surface area contributed by atoms with Crippen LogP contribution in [0.25, 0.3) is 5.52 Å². The van der Waals surface area contributed by atoms with E-state index in [-0.39, 0.29) is 0 Å². The third-order valence-corrected chi connectivity index (χ3v) is 3.34. The van der Waals surface area contributed by atoms with Crippen molar-refractivity contribution in [3.63, 3.8) is 0 Å². The van der Waals surface area contributed by atoms with Gasteiger partial charge in [0, 0.05) is 18.6 Å². The van der Waals surface area contributed by atoms with Crippen LogP contribution in [0.1, 0.15) is 11.3 Å². The molecule has 0 amide bonds. The third-order valence-electron chi connectivity index (χ3n) is 3.34. The van der Waals surface area contributed by atoms with E-state index in [0.29, 0.717) is 0 Å². The minimum absolute atomic E-state index is 0.899. The molecule has 0 saturated heterocycles. The molecule has 0 N–H and O–H groups in total. The van der Waals surface area contributed by atoms with E-state index in [1.807, 2.05) is 36.8 Å². The molecule has 0 aliphatic heterocycles. The van der Waals surface area contributed by atoms with Crippen molar-refractivity contribution < 1.29 is 4.74 Å². The molecule has 2 heterocycles. The Labute approximate surface area is 112 Å². The van der Waals surface area contributed by atoms with Gasteiger partial charge in [0.05, 0.1) is 18.3 Å². The predicted octanol–water partition coefficient (Wildman–Crippen LogP) is 3.13. The molecule has 0 aliphatic rings. The largest absolute Gasteiger partial charge is 0.497 e. The van der Waals surface area contributed by atoms with Gasteiger partial charge in [-0.25, -0.2) is 0 Å². The third kappa shape index (κ3) is 2.45. The molecular weight excluding hydrogens is 236 g/mol. The summed E-state index contributed by atoms with van der Waals surface area (Å²) in [5, 5.41) is 0. The number of methoxy groups -OCH3 is 1. The fraction of sp³-hybridized carbons (Fsp3) is 0.188. The van der Waals surface area contributed by atoms with Gasteiger partial charge in [-0.2, -0.15) is 0 Å². The van der Waals surface area contributed by atoms with Crippen molar-refractivity contribution >= 4 is 5.52 Å². The van der Waals surface area contributed by atoms with Gasteiger partial charge in [-0.3, -0.25) is 4.98 Å². The molecule has 0 bridgehead atoms. The monoisotopic (exact) mass is 252 g/mol. The summed E-state index contributed by atoms with van der Waals surface area (Å²) < 4.78 is 7.27. The number of rotatable bonds is 4. The van der Waals surface area contributed by atoms with Crippen molar-refractivity contribution in [2.75, 3.05) is 7.11 Å². The van der Waals surface area contributed by atoms with Crippen LogP contribution in [0.15, 0.2) is 55.0 Å². The zero-order valence-corrected chi connectivity index (χ0v) is 10.9. The van der Waals surface area contributed by atoms with E-state index < -0.39 is 0 Å². The van der Waals surface area contributed by atoms with Gasteiger partial charge in [0.2, 0.25) is 0 Å². The maximum absolute atomic E-state index is 5.16. The first-order chi connectivity index (χ1) is 9.36. The Hall–Kier alpha value is -2.29.